The molecule has 2 aliphatic rings. The van der Waals surface area contributed by atoms with E-state index in [1.54, 1.807) is 0 Å². The predicted molar refractivity (Wildman–Crippen MR) is 77.6 cm³/mol. The predicted octanol–water partition coefficient (Wildman–Crippen LogP) is 3.44. The normalized spacial score (nSPS) is 24.4. The van der Waals surface area contributed by atoms with Gasteiger partial charge in [0.05, 0.1) is 0 Å². The molecule has 0 aliphatic heterocycles. The highest BCUT2D eigenvalue weighted by molar-refractivity contribution is 6.77. The summed E-state index contributed by atoms with van der Waals surface area (Å²) in [4.78, 5) is 0. The zero-order chi connectivity index (χ0) is 12.5. The number of rotatable bonds is 4. The van der Waals surface area contributed by atoms with Gasteiger partial charge in [-0.25, -0.2) is 0 Å². The Morgan fingerprint density at radius 1 is 0.647 bits per heavy atom. The van der Waals surface area contributed by atoms with Gasteiger partial charge in [-0.05, 0) is 39.3 Å². The summed E-state index contributed by atoms with van der Waals surface area (Å²) in [5.41, 5.74) is 2.05. The highest BCUT2D eigenvalue weighted by Crippen LogP contribution is 2.51. The molecule has 0 atom stereocenters. The second kappa shape index (κ2) is 5.41. The lowest BCUT2D eigenvalue weighted by molar-refractivity contribution is 0.422. The van der Waals surface area contributed by atoms with Crippen molar-refractivity contribution in [2.75, 3.05) is 28.2 Å². The van der Waals surface area contributed by atoms with E-state index in [9.17, 15) is 0 Å². The molecule has 0 aromatic heterocycles. The van der Waals surface area contributed by atoms with Crippen LogP contribution in [0.2, 0.25) is 11.1 Å². The first-order chi connectivity index (χ1) is 8.10. The minimum absolute atomic E-state index is 1.02. The molecule has 2 rings (SSSR count). The van der Waals surface area contributed by atoms with Crippen LogP contribution in [0, 0.1) is 0 Å². The standard InChI is InChI=1S/C14H30N2Si/c1-15(2)17(16(3)4,13-9-5-6-10-13)14-11-7-8-12-14/h13-14H,5-12H2,1-4H3. The lowest BCUT2D eigenvalue weighted by Crippen LogP contribution is -2.65. The maximum atomic E-state index is 2.68. The van der Waals surface area contributed by atoms with Crippen molar-refractivity contribution in [1.29, 1.82) is 0 Å². The lowest BCUT2D eigenvalue weighted by Gasteiger charge is -2.51. The van der Waals surface area contributed by atoms with Crippen LogP contribution in [0.4, 0.5) is 0 Å². The van der Waals surface area contributed by atoms with Gasteiger partial charge in [0, 0.05) is 0 Å². The van der Waals surface area contributed by atoms with Crippen molar-refractivity contribution >= 4 is 8.40 Å². The smallest absolute Gasteiger partial charge is 0.212 e. The first-order valence-corrected chi connectivity index (χ1v) is 9.50. The summed E-state index contributed by atoms with van der Waals surface area (Å²) in [6, 6.07) is 0. The van der Waals surface area contributed by atoms with Crippen molar-refractivity contribution in [3.8, 4) is 0 Å². The van der Waals surface area contributed by atoms with Gasteiger partial charge in [0.25, 0.3) is 0 Å². The number of hydrogen-bond donors (Lipinski definition) is 0. The van der Waals surface area contributed by atoms with Crippen molar-refractivity contribution < 1.29 is 0 Å². The average molecular weight is 254 g/mol. The molecule has 0 saturated heterocycles. The Morgan fingerprint density at radius 3 is 1.18 bits per heavy atom. The monoisotopic (exact) mass is 254 g/mol. The molecule has 0 bridgehead atoms. The topological polar surface area (TPSA) is 6.48 Å². The highest BCUT2D eigenvalue weighted by atomic mass is 28.4. The van der Waals surface area contributed by atoms with Crippen molar-refractivity contribution in [3.05, 3.63) is 0 Å². The van der Waals surface area contributed by atoms with Crippen LogP contribution in [0.3, 0.4) is 0 Å². The fourth-order valence-electron chi connectivity index (χ4n) is 4.90. The Labute approximate surface area is 109 Å². The first-order valence-electron chi connectivity index (χ1n) is 7.45. The third-order valence-electron chi connectivity index (χ3n) is 5.34. The van der Waals surface area contributed by atoms with E-state index in [1.807, 2.05) is 0 Å². The zero-order valence-corrected chi connectivity index (χ0v) is 13.2. The van der Waals surface area contributed by atoms with Crippen LogP contribution < -0.4 is 0 Å². The van der Waals surface area contributed by atoms with Gasteiger partial charge in [-0.3, -0.25) is 0 Å². The number of hydrogen-bond acceptors (Lipinski definition) is 2. The summed E-state index contributed by atoms with van der Waals surface area (Å²) in [6.07, 6.45) is 11.9. The van der Waals surface area contributed by atoms with E-state index in [2.05, 4.69) is 37.3 Å². The molecule has 0 spiro atoms. The molecule has 3 heteroatoms. The molecule has 0 heterocycles. The Hall–Kier alpha value is 0.137. The molecule has 2 nitrogen and oxygen atoms in total. The summed E-state index contributed by atoms with van der Waals surface area (Å²) in [6.45, 7) is 0. The van der Waals surface area contributed by atoms with Crippen molar-refractivity contribution in [3.63, 3.8) is 0 Å². The quantitative estimate of drug-likeness (QED) is 0.709. The zero-order valence-electron chi connectivity index (χ0n) is 12.2. The molecular formula is C14H30N2Si. The summed E-state index contributed by atoms with van der Waals surface area (Å²) >= 11 is 0. The Balaban J connectivity index is 2.30. The molecule has 2 aliphatic carbocycles. The van der Waals surface area contributed by atoms with E-state index in [0.717, 1.165) is 11.1 Å². The molecule has 0 radical (unpaired) electrons. The van der Waals surface area contributed by atoms with Gasteiger partial charge in [0.15, 0.2) is 0 Å². The summed E-state index contributed by atoms with van der Waals surface area (Å²) in [5, 5.41) is 0. The maximum Gasteiger partial charge on any atom is 0.212 e. The van der Waals surface area contributed by atoms with Gasteiger partial charge < -0.3 is 9.13 Å². The van der Waals surface area contributed by atoms with Crippen molar-refractivity contribution in [2.24, 2.45) is 0 Å². The van der Waals surface area contributed by atoms with Gasteiger partial charge in [-0.2, -0.15) is 0 Å². The SMILES string of the molecule is CN(C)[Si](C1CCCC1)(C1CCCC1)N(C)C. The van der Waals surface area contributed by atoms with Gasteiger partial charge >= 0.3 is 0 Å². The fraction of sp³-hybridized carbons (Fsp3) is 1.00. The third kappa shape index (κ3) is 2.22. The van der Waals surface area contributed by atoms with Crippen molar-refractivity contribution in [1.82, 2.24) is 9.13 Å². The Morgan fingerprint density at radius 2 is 0.941 bits per heavy atom. The molecular weight excluding hydrogens is 224 g/mol. The van der Waals surface area contributed by atoms with Gasteiger partial charge in [0.2, 0.25) is 8.40 Å². The molecule has 2 fully saturated rings. The minimum atomic E-state index is -1.42. The van der Waals surface area contributed by atoms with Crippen LogP contribution >= 0.6 is 0 Å². The van der Waals surface area contributed by atoms with E-state index in [-0.39, 0.29) is 0 Å². The van der Waals surface area contributed by atoms with Crippen LogP contribution in [0.25, 0.3) is 0 Å². The number of nitrogens with zero attached hydrogens (tertiary/aromatic N) is 2. The van der Waals surface area contributed by atoms with E-state index in [4.69, 9.17) is 0 Å². The molecule has 2 saturated carbocycles. The van der Waals surface area contributed by atoms with Crippen molar-refractivity contribution in [2.45, 2.75) is 62.4 Å². The van der Waals surface area contributed by atoms with Crippen LogP contribution in [-0.4, -0.2) is 45.7 Å². The van der Waals surface area contributed by atoms with Crippen LogP contribution in [-0.2, 0) is 0 Å². The molecule has 0 N–H and O–H groups in total. The van der Waals surface area contributed by atoms with E-state index in [0.29, 0.717) is 0 Å². The summed E-state index contributed by atoms with van der Waals surface area (Å²) in [5.74, 6) is 0. The van der Waals surface area contributed by atoms with Gasteiger partial charge in [0.1, 0.15) is 0 Å². The molecule has 17 heavy (non-hydrogen) atoms. The minimum Gasteiger partial charge on any atom is -0.317 e. The fourth-order valence-corrected chi connectivity index (χ4v) is 11.8. The average Bonchev–Trinajstić information content (AvgIpc) is 2.88. The van der Waals surface area contributed by atoms with Gasteiger partial charge in [-0.15, -0.1) is 0 Å². The van der Waals surface area contributed by atoms with E-state index < -0.39 is 8.40 Å². The molecule has 0 amide bonds. The van der Waals surface area contributed by atoms with Gasteiger partial charge in [-0.1, -0.05) is 51.4 Å². The third-order valence-corrected chi connectivity index (χ3v) is 11.8. The maximum absolute atomic E-state index is 2.68. The van der Waals surface area contributed by atoms with Crippen LogP contribution in [0.15, 0.2) is 0 Å². The molecule has 0 aromatic rings. The first kappa shape index (κ1) is 13.6. The van der Waals surface area contributed by atoms with E-state index >= 15 is 0 Å². The second-order valence-corrected chi connectivity index (χ2v) is 11.5. The summed E-state index contributed by atoms with van der Waals surface area (Å²) < 4.78 is 5.36. The second-order valence-electron chi connectivity index (χ2n) is 6.53. The highest BCUT2D eigenvalue weighted by Gasteiger charge is 2.53. The molecule has 0 unspecified atom stereocenters. The lowest BCUT2D eigenvalue weighted by atomic mass is 10.3. The Kier molecular flexibility index (Phi) is 4.32. The molecule has 100 valence electrons. The Bertz CT molecular complexity index is 215. The summed E-state index contributed by atoms with van der Waals surface area (Å²) in [7, 11) is 8.04. The molecule has 0 aromatic carbocycles. The largest absolute Gasteiger partial charge is 0.317 e. The van der Waals surface area contributed by atoms with E-state index in [1.165, 1.54) is 51.4 Å². The van der Waals surface area contributed by atoms with Crippen LogP contribution in [0.5, 0.6) is 0 Å². The van der Waals surface area contributed by atoms with Crippen LogP contribution in [0.1, 0.15) is 51.4 Å².